The van der Waals surface area contributed by atoms with E-state index in [0.717, 1.165) is 34.1 Å². The molecule has 3 nitrogen and oxygen atoms in total. The molecule has 0 N–H and O–H groups in total. The van der Waals surface area contributed by atoms with Gasteiger partial charge in [0.05, 0.1) is 0 Å². The summed E-state index contributed by atoms with van der Waals surface area (Å²) in [5.74, 6) is 2.68. The average Bonchev–Trinajstić information content (AvgIpc) is 3.24. The topological polar surface area (TPSA) is 30.7 Å². The molecule has 3 aromatic rings. The van der Waals surface area contributed by atoms with Gasteiger partial charge < -0.3 is 0 Å². The van der Waals surface area contributed by atoms with Crippen molar-refractivity contribution in [2.24, 2.45) is 5.92 Å². The van der Waals surface area contributed by atoms with E-state index < -0.39 is 0 Å². The lowest BCUT2D eigenvalue weighted by Crippen LogP contribution is -2.10. The highest BCUT2D eigenvalue weighted by atomic mass is 35.5. The highest BCUT2D eigenvalue weighted by molar-refractivity contribution is 7.98. The van der Waals surface area contributed by atoms with Gasteiger partial charge in [-0.1, -0.05) is 42.4 Å². The van der Waals surface area contributed by atoms with Gasteiger partial charge in [-0.2, -0.15) is 0 Å². The summed E-state index contributed by atoms with van der Waals surface area (Å²) in [7, 11) is 0. The molecule has 4 rings (SSSR count). The predicted molar refractivity (Wildman–Crippen MR) is 116 cm³/mol. The highest BCUT2D eigenvalue weighted by Gasteiger charge is 2.25. The van der Waals surface area contributed by atoms with Gasteiger partial charge in [0.15, 0.2) is 11.0 Å². The van der Waals surface area contributed by atoms with Gasteiger partial charge in [0.1, 0.15) is 0 Å². The summed E-state index contributed by atoms with van der Waals surface area (Å²) in [5, 5.41) is 13.2. The van der Waals surface area contributed by atoms with Crippen molar-refractivity contribution in [3.05, 3.63) is 50.7 Å². The second kappa shape index (κ2) is 7.98. The second-order valence-electron chi connectivity index (χ2n) is 7.58. The highest BCUT2D eigenvalue weighted by Crippen LogP contribution is 2.39. The van der Waals surface area contributed by atoms with Crippen LogP contribution in [0, 0.1) is 5.92 Å². The van der Waals surface area contributed by atoms with Crippen molar-refractivity contribution in [3.63, 3.8) is 0 Å². The van der Waals surface area contributed by atoms with E-state index in [1.807, 2.05) is 23.5 Å². The molecule has 0 saturated heterocycles. The molecule has 1 unspecified atom stereocenters. The first-order chi connectivity index (χ1) is 13.0. The van der Waals surface area contributed by atoms with Gasteiger partial charge >= 0.3 is 0 Å². The number of rotatable bonds is 5. The average molecular weight is 418 g/mol. The van der Waals surface area contributed by atoms with Crippen LogP contribution in [0.4, 0.5) is 0 Å². The third kappa shape index (κ3) is 3.96. The predicted octanol–water partition coefficient (Wildman–Crippen LogP) is 6.66. The largest absolute Gasteiger partial charge is 0.299 e. The van der Waals surface area contributed by atoms with Gasteiger partial charge in [-0.25, -0.2) is 0 Å². The maximum atomic E-state index is 5.99. The Balaban J connectivity index is 1.62. The third-order valence-electron chi connectivity index (χ3n) is 5.10. The fourth-order valence-corrected chi connectivity index (χ4v) is 6.01. The number of fused-ring (bicyclic) bond motifs is 1. The van der Waals surface area contributed by atoms with Gasteiger partial charge in [0.2, 0.25) is 0 Å². The van der Waals surface area contributed by atoms with Crippen molar-refractivity contribution >= 4 is 34.7 Å². The SMILES string of the molecule is CC1CCc2c(-c3nnc(SCc4ccc(Cl)cc4)n3C(C)C)csc2C1. The van der Waals surface area contributed by atoms with E-state index in [2.05, 4.69) is 53.0 Å². The molecule has 0 aliphatic heterocycles. The van der Waals surface area contributed by atoms with Crippen LogP contribution >= 0.6 is 34.7 Å². The van der Waals surface area contributed by atoms with Crippen LogP contribution in [0.1, 0.15) is 49.2 Å². The van der Waals surface area contributed by atoms with E-state index in [1.54, 1.807) is 11.8 Å². The van der Waals surface area contributed by atoms with Crippen LogP contribution in [0.3, 0.4) is 0 Å². The Labute approximate surface area is 174 Å². The summed E-state index contributed by atoms with van der Waals surface area (Å²) in [6.45, 7) is 6.77. The molecular formula is C21H24ClN3S2. The molecule has 1 aromatic carbocycles. The summed E-state index contributed by atoms with van der Waals surface area (Å²) >= 11 is 9.62. The maximum absolute atomic E-state index is 5.99. The van der Waals surface area contributed by atoms with Crippen molar-refractivity contribution in [1.82, 2.24) is 14.8 Å². The van der Waals surface area contributed by atoms with Crippen molar-refractivity contribution in [2.75, 3.05) is 0 Å². The fourth-order valence-electron chi connectivity index (χ4n) is 3.62. The lowest BCUT2D eigenvalue weighted by atomic mass is 9.88. The molecule has 0 saturated carbocycles. The summed E-state index contributed by atoms with van der Waals surface area (Å²) in [6.07, 6.45) is 3.63. The molecule has 27 heavy (non-hydrogen) atoms. The molecule has 0 radical (unpaired) electrons. The van der Waals surface area contributed by atoms with Crippen LogP contribution in [0.5, 0.6) is 0 Å². The van der Waals surface area contributed by atoms with E-state index in [1.165, 1.54) is 34.4 Å². The molecule has 6 heteroatoms. The summed E-state index contributed by atoms with van der Waals surface area (Å²) in [5.41, 5.74) is 4.04. The Hall–Kier alpha value is -1.30. The normalized spacial score (nSPS) is 16.7. The number of hydrogen-bond donors (Lipinski definition) is 0. The number of thiophene rings is 1. The molecule has 2 heterocycles. The van der Waals surface area contributed by atoms with Crippen LogP contribution in [0.15, 0.2) is 34.8 Å². The zero-order valence-corrected chi connectivity index (χ0v) is 18.3. The number of halogens is 1. The minimum absolute atomic E-state index is 0.320. The van der Waals surface area contributed by atoms with Crippen molar-refractivity contribution in [1.29, 1.82) is 0 Å². The lowest BCUT2D eigenvalue weighted by Gasteiger charge is -2.19. The zero-order chi connectivity index (χ0) is 19.0. The standard InChI is InChI=1S/C21H24ClN3S2/c1-13(2)25-20(18-12-26-19-10-14(3)4-9-17(18)19)23-24-21(25)27-11-15-5-7-16(22)8-6-15/h5-8,12-14H,4,9-11H2,1-3H3. The number of aromatic nitrogens is 3. The first-order valence-corrected chi connectivity index (χ1v) is 11.7. The number of hydrogen-bond acceptors (Lipinski definition) is 4. The van der Waals surface area contributed by atoms with Crippen LogP contribution in [-0.2, 0) is 18.6 Å². The van der Waals surface area contributed by atoms with Crippen molar-refractivity contribution in [2.45, 2.75) is 57.0 Å². The number of benzene rings is 1. The van der Waals surface area contributed by atoms with Crippen LogP contribution < -0.4 is 0 Å². The van der Waals surface area contributed by atoms with Crippen LogP contribution in [0.2, 0.25) is 5.02 Å². The summed E-state index contributed by atoms with van der Waals surface area (Å²) in [4.78, 5) is 1.54. The lowest BCUT2D eigenvalue weighted by molar-refractivity contribution is 0.507. The smallest absolute Gasteiger partial charge is 0.192 e. The second-order valence-corrected chi connectivity index (χ2v) is 9.93. The maximum Gasteiger partial charge on any atom is 0.192 e. The van der Waals surface area contributed by atoms with Gasteiger partial charge in [-0.15, -0.1) is 21.5 Å². The van der Waals surface area contributed by atoms with Crippen molar-refractivity contribution in [3.8, 4) is 11.4 Å². The quantitative estimate of drug-likeness (QED) is 0.435. The van der Waals surface area contributed by atoms with Gasteiger partial charge in [0, 0.05) is 32.6 Å². The van der Waals surface area contributed by atoms with Crippen molar-refractivity contribution < 1.29 is 0 Å². The first kappa shape index (κ1) is 19.0. The molecule has 0 fully saturated rings. The van der Waals surface area contributed by atoms with Gasteiger partial charge in [-0.3, -0.25) is 4.57 Å². The molecule has 0 amide bonds. The van der Waals surface area contributed by atoms with E-state index in [4.69, 9.17) is 11.6 Å². The molecule has 1 aliphatic rings. The number of thioether (sulfide) groups is 1. The molecule has 0 spiro atoms. The van der Waals surface area contributed by atoms with E-state index in [9.17, 15) is 0 Å². The van der Waals surface area contributed by atoms with Crippen LogP contribution in [-0.4, -0.2) is 14.8 Å². The molecule has 2 aromatic heterocycles. The van der Waals surface area contributed by atoms with E-state index in [-0.39, 0.29) is 0 Å². The Morgan fingerprint density at radius 2 is 2.04 bits per heavy atom. The first-order valence-electron chi connectivity index (χ1n) is 9.44. The summed E-state index contributed by atoms with van der Waals surface area (Å²) < 4.78 is 2.29. The Kier molecular flexibility index (Phi) is 5.62. The molecule has 1 aliphatic carbocycles. The number of nitrogens with zero attached hydrogens (tertiary/aromatic N) is 3. The minimum Gasteiger partial charge on any atom is -0.299 e. The van der Waals surface area contributed by atoms with Crippen LogP contribution in [0.25, 0.3) is 11.4 Å². The third-order valence-corrected chi connectivity index (χ3v) is 7.42. The molecular weight excluding hydrogens is 394 g/mol. The fraction of sp³-hybridized carbons (Fsp3) is 0.429. The minimum atomic E-state index is 0.320. The van der Waals surface area contributed by atoms with Gasteiger partial charge in [0.25, 0.3) is 0 Å². The van der Waals surface area contributed by atoms with E-state index >= 15 is 0 Å². The zero-order valence-electron chi connectivity index (χ0n) is 15.9. The monoisotopic (exact) mass is 417 g/mol. The summed E-state index contributed by atoms with van der Waals surface area (Å²) in [6, 6.07) is 8.34. The molecule has 0 bridgehead atoms. The Morgan fingerprint density at radius 1 is 1.26 bits per heavy atom. The van der Waals surface area contributed by atoms with E-state index in [0.29, 0.717) is 6.04 Å². The molecule has 142 valence electrons. The Bertz CT molecular complexity index is 928. The Morgan fingerprint density at radius 3 is 2.78 bits per heavy atom. The van der Waals surface area contributed by atoms with Gasteiger partial charge in [-0.05, 0) is 62.3 Å². The molecule has 1 atom stereocenters.